The lowest BCUT2D eigenvalue weighted by atomic mass is 9.76. The fraction of sp³-hybridized carbons (Fsp3) is 0.391. The summed E-state index contributed by atoms with van der Waals surface area (Å²) in [5.74, 6) is 0.00452. The Bertz CT molecular complexity index is 1050. The van der Waals surface area contributed by atoms with Crippen molar-refractivity contribution in [3.05, 3.63) is 59.7 Å². The summed E-state index contributed by atoms with van der Waals surface area (Å²) >= 11 is 0. The van der Waals surface area contributed by atoms with Gasteiger partial charge in [-0.2, -0.15) is 0 Å². The van der Waals surface area contributed by atoms with Crippen LogP contribution >= 0.6 is 0 Å². The number of fused-ring (bicyclic) bond motifs is 3. The molecule has 2 saturated heterocycles. The summed E-state index contributed by atoms with van der Waals surface area (Å²) in [5.41, 5.74) is 2.82. The zero-order valence-electron chi connectivity index (χ0n) is 16.6. The van der Waals surface area contributed by atoms with Crippen molar-refractivity contribution in [2.24, 2.45) is 5.92 Å². The van der Waals surface area contributed by atoms with Crippen LogP contribution in [-0.2, 0) is 11.3 Å². The third kappa shape index (κ3) is 3.56. The van der Waals surface area contributed by atoms with E-state index < -0.39 is 0 Å². The van der Waals surface area contributed by atoms with Gasteiger partial charge < -0.3 is 9.64 Å². The summed E-state index contributed by atoms with van der Waals surface area (Å²) in [7, 11) is 0. The third-order valence-corrected chi connectivity index (χ3v) is 6.30. The number of carbonyl (C=O) groups is 2. The van der Waals surface area contributed by atoms with Crippen LogP contribution in [0.3, 0.4) is 0 Å². The van der Waals surface area contributed by atoms with Gasteiger partial charge in [-0.1, -0.05) is 30.3 Å². The molecule has 1 amide bonds. The van der Waals surface area contributed by atoms with Crippen LogP contribution in [0, 0.1) is 5.92 Å². The van der Waals surface area contributed by atoms with E-state index in [0.29, 0.717) is 29.4 Å². The van der Waals surface area contributed by atoms with E-state index >= 15 is 0 Å². The molecule has 2 bridgehead atoms. The summed E-state index contributed by atoms with van der Waals surface area (Å²) in [6.45, 7) is 0.268. The number of rotatable bonds is 4. The minimum absolute atomic E-state index is 0.0483. The van der Waals surface area contributed by atoms with E-state index in [9.17, 15) is 9.59 Å². The Morgan fingerprint density at radius 3 is 2.50 bits per heavy atom. The number of amides is 1. The van der Waals surface area contributed by atoms with Gasteiger partial charge in [0, 0.05) is 23.6 Å². The van der Waals surface area contributed by atoms with E-state index in [1.807, 2.05) is 35.2 Å². The molecule has 0 N–H and O–H groups in total. The average Bonchev–Trinajstić information content (AvgIpc) is 3.24. The van der Waals surface area contributed by atoms with Crippen molar-refractivity contribution in [2.45, 2.75) is 50.8 Å². The number of hydrogen-bond donors (Lipinski definition) is 0. The normalized spacial score (nSPS) is 23.3. The minimum Gasteiger partial charge on any atom is -0.445 e. The molecular formula is C23H23N3O4. The quantitative estimate of drug-likeness (QED) is 0.599. The number of hydrogen-bond acceptors (Lipinski definition) is 6. The second-order valence-corrected chi connectivity index (χ2v) is 8.19. The maximum absolute atomic E-state index is 13.2. The lowest BCUT2D eigenvalue weighted by Crippen LogP contribution is -2.55. The molecule has 2 atom stereocenters. The van der Waals surface area contributed by atoms with Crippen molar-refractivity contribution < 1.29 is 19.0 Å². The lowest BCUT2D eigenvalue weighted by molar-refractivity contribution is 0.00473. The highest BCUT2D eigenvalue weighted by Crippen LogP contribution is 2.39. The molecule has 0 aliphatic carbocycles. The van der Waals surface area contributed by atoms with Gasteiger partial charge in [0.1, 0.15) is 17.6 Å². The number of nitrogens with zero attached hydrogens (tertiary/aromatic N) is 3. The molecule has 2 fully saturated rings. The van der Waals surface area contributed by atoms with Gasteiger partial charge in [-0.05, 0) is 66.2 Å². The van der Waals surface area contributed by atoms with E-state index in [4.69, 9.17) is 9.37 Å². The van der Waals surface area contributed by atoms with E-state index in [1.54, 1.807) is 18.2 Å². The molecule has 2 aliphatic heterocycles. The Kier molecular flexibility index (Phi) is 4.94. The van der Waals surface area contributed by atoms with Gasteiger partial charge in [0.25, 0.3) is 0 Å². The van der Waals surface area contributed by atoms with Gasteiger partial charge in [-0.3, -0.25) is 4.79 Å². The molecule has 2 aliphatic rings. The Morgan fingerprint density at radius 2 is 1.73 bits per heavy atom. The molecule has 0 radical (unpaired) electrons. The van der Waals surface area contributed by atoms with Crippen molar-refractivity contribution in [1.29, 1.82) is 0 Å². The van der Waals surface area contributed by atoms with Crippen molar-refractivity contribution in [2.75, 3.05) is 0 Å². The largest absolute Gasteiger partial charge is 0.445 e. The summed E-state index contributed by atoms with van der Waals surface area (Å²) < 4.78 is 10.3. The van der Waals surface area contributed by atoms with Crippen molar-refractivity contribution >= 4 is 22.9 Å². The zero-order valence-corrected chi connectivity index (χ0v) is 16.6. The van der Waals surface area contributed by atoms with E-state index in [0.717, 1.165) is 24.8 Å². The highest BCUT2D eigenvalue weighted by Gasteiger charge is 2.43. The molecule has 5 rings (SSSR count). The smallest absolute Gasteiger partial charge is 0.410 e. The van der Waals surface area contributed by atoms with Gasteiger partial charge >= 0.3 is 6.09 Å². The van der Waals surface area contributed by atoms with Crippen LogP contribution in [0.5, 0.6) is 0 Å². The molecule has 0 spiro atoms. The van der Waals surface area contributed by atoms with Gasteiger partial charge in [0.05, 0.1) is 0 Å². The number of ether oxygens (including phenoxy) is 1. The summed E-state index contributed by atoms with van der Waals surface area (Å²) in [4.78, 5) is 27.9. The molecule has 2 aromatic carbocycles. The van der Waals surface area contributed by atoms with E-state index in [-0.39, 0.29) is 36.5 Å². The van der Waals surface area contributed by atoms with Crippen LogP contribution < -0.4 is 0 Å². The minimum atomic E-state index is -0.269. The molecule has 7 nitrogen and oxygen atoms in total. The number of carbonyl (C=O) groups excluding carboxylic acids is 2. The molecule has 2 unspecified atom stereocenters. The predicted octanol–water partition coefficient (Wildman–Crippen LogP) is 4.38. The Morgan fingerprint density at radius 1 is 1.00 bits per heavy atom. The number of aromatic nitrogens is 2. The first-order chi connectivity index (χ1) is 14.7. The summed E-state index contributed by atoms with van der Waals surface area (Å²) in [6, 6.07) is 15.1. The molecule has 30 heavy (non-hydrogen) atoms. The number of benzene rings is 2. The van der Waals surface area contributed by atoms with Crippen LogP contribution in [0.4, 0.5) is 4.79 Å². The molecule has 3 heterocycles. The third-order valence-electron chi connectivity index (χ3n) is 6.30. The number of ketones is 1. The Labute approximate surface area is 174 Å². The van der Waals surface area contributed by atoms with Gasteiger partial charge in [0.15, 0.2) is 5.78 Å². The van der Waals surface area contributed by atoms with Crippen LogP contribution in [0.25, 0.3) is 11.0 Å². The van der Waals surface area contributed by atoms with Crippen molar-refractivity contribution in [3.8, 4) is 0 Å². The van der Waals surface area contributed by atoms with Gasteiger partial charge in [0.2, 0.25) is 0 Å². The first-order valence-corrected chi connectivity index (χ1v) is 10.4. The fourth-order valence-electron chi connectivity index (χ4n) is 4.86. The second kappa shape index (κ2) is 7.89. The SMILES string of the molecule is O=C(c1ccc2nonc2c1)C1CC2CCCC(C1)N2C(=O)OCc1ccccc1. The summed E-state index contributed by atoms with van der Waals surface area (Å²) in [5, 5.41) is 7.63. The molecule has 0 saturated carbocycles. The molecule has 3 aromatic rings. The van der Waals surface area contributed by atoms with E-state index in [2.05, 4.69) is 10.3 Å². The highest BCUT2D eigenvalue weighted by atomic mass is 16.6. The van der Waals surface area contributed by atoms with Gasteiger partial charge in [-0.15, -0.1) is 0 Å². The van der Waals surface area contributed by atoms with Crippen molar-refractivity contribution in [1.82, 2.24) is 15.2 Å². The average molecular weight is 405 g/mol. The molecular weight excluding hydrogens is 382 g/mol. The molecule has 1 aromatic heterocycles. The number of Topliss-reactive ketones (excluding diaryl/α,β-unsaturated/α-hetero) is 1. The van der Waals surface area contributed by atoms with Crippen LogP contribution in [0.1, 0.15) is 48.0 Å². The second-order valence-electron chi connectivity index (χ2n) is 8.19. The maximum atomic E-state index is 13.2. The lowest BCUT2D eigenvalue weighted by Gasteiger charge is -2.47. The first kappa shape index (κ1) is 18.8. The topological polar surface area (TPSA) is 85.5 Å². The van der Waals surface area contributed by atoms with Crippen LogP contribution in [-0.4, -0.2) is 39.2 Å². The van der Waals surface area contributed by atoms with E-state index in [1.165, 1.54) is 0 Å². The van der Waals surface area contributed by atoms with Crippen molar-refractivity contribution in [3.63, 3.8) is 0 Å². The Hall–Kier alpha value is -3.22. The summed E-state index contributed by atoms with van der Waals surface area (Å²) in [6.07, 6.45) is 3.97. The van der Waals surface area contributed by atoms with Gasteiger partial charge in [-0.25, -0.2) is 9.42 Å². The molecule has 7 heteroatoms. The fourth-order valence-corrected chi connectivity index (χ4v) is 4.86. The van der Waals surface area contributed by atoms with Crippen LogP contribution in [0.2, 0.25) is 0 Å². The predicted molar refractivity (Wildman–Crippen MR) is 109 cm³/mol. The Balaban J connectivity index is 1.28. The zero-order chi connectivity index (χ0) is 20.5. The monoisotopic (exact) mass is 405 g/mol. The molecule has 154 valence electrons. The highest BCUT2D eigenvalue weighted by molar-refractivity contribution is 6.00. The standard InChI is InChI=1S/C23H23N3O4/c27-22(16-9-10-20-21(13-16)25-30-24-20)17-11-18-7-4-8-19(12-17)26(18)23(28)29-14-15-5-2-1-3-6-15/h1-3,5-6,9-10,13,17-19H,4,7-8,11-12,14H2. The number of piperidine rings is 2. The van der Waals surface area contributed by atoms with Crippen LogP contribution in [0.15, 0.2) is 53.2 Å². The maximum Gasteiger partial charge on any atom is 0.410 e. The first-order valence-electron chi connectivity index (χ1n) is 10.4.